The Kier molecular flexibility index (Phi) is 5.04. The van der Waals surface area contributed by atoms with Crippen molar-refractivity contribution in [1.82, 2.24) is 14.7 Å². The third-order valence-electron chi connectivity index (χ3n) is 5.78. The second-order valence-electron chi connectivity index (χ2n) is 7.76. The fourth-order valence-corrected chi connectivity index (χ4v) is 4.33. The number of rotatable bonds is 3. The lowest BCUT2D eigenvalue weighted by atomic mass is 9.98. The van der Waals surface area contributed by atoms with Crippen LogP contribution in [0.4, 0.5) is 24.7 Å². The molecule has 156 valence electrons. The van der Waals surface area contributed by atoms with Gasteiger partial charge in [0.1, 0.15) is 0 Å². The number of nitrogens with zero attached hydrogens (tertiary/aromatic N) is 4. The van der Waals surface area contributed by atoms with Gasteiger partial charge < -0.3 is 9.80 Å². The van der Waals surface area contributed by atoms with Crippen molar-refractivity contribution in [2.24, 2.45) is 0 Å². The van der Waals surface area contributed by atoms with Gasteiger partial charge in [0.2, 0.25) is 5.91 Å². The number of benzene rings is 1. The van der Waals surface area contributed by atoms with E-state index in [9.17, 15) is 18.0 Å². The Balaban J connectivity index is 1.81. The lowest BCUT2D eigenvalue weighted by molar-refractivity contribution is -0.137. The summed E-state index contributed by atoms with van der Waals surface area (Å²) in [5, 5.41) is 4.81. The van der Waals surface area contributed by atoms with Crippen molar-refractivity contribution in [2.75, 3.05) is 18.0 Å². The lowest BCUT2D eigenvalue weighted by Gasteiger charge is -2.33. The van der Waals surface area contributed by atoms with Gasteiger partial charge in [-0.25, -0.2) is 0 Å². The molecule has 2 aliphatic rings. The molecule has 2 aromatic rings. The molecule has 0 saturated heterocycles. The van der Waals surface area contributed by atoms with Crippen LogP contribution in [0.15, 0.2) is 18.2 Å². The summed E-state index contributed by atoms with van der Waals surface area (Å²) in [7, 11) is 0. The number of amides is 1. The van der Waals surface area contributed by atoms with Gasteiger partial charge in [-0.2, -0.15) is 18.3 Å². The summed E-state index contributed by atoms with van der Waals surface area (Å²) in [4.78, 5) is 15.6. The third kappa shape index (κ3) is 3.60. The molecule has 5 nitrogen and oxygen atoms in total. The van der Waals surface area contributed by atoms with Crippen molar-refractivity contribution in [3.05, 3.63) is 40.6 Å². The second kappa shape index (κ2) is 7.39. The number of hydrogen-bond donors (Lipinski definition) is 0. The van der Waals surface area contributed by atoms with E-state index in [1.54, 1.807) is 17.9 Å². The Morgan fingerprint density at radius 3 is 2.69 bits per heavy atom. The summed E-state index contributed by atoms with van der Waals surface area (Å²) in [6.07, 6.45) is -1.15. The Morgan fingerprint density at radius 2 is 2.00 bits per heavy atom. The second-order valence-corrected chi connectivity index (χ2v) is 7.76. The Morgan fingerprint density at radius 1 is 1.21 bits per heavy atom. The molecule has 8 heteroatoms. The summed E-state index contributed by atoms with van der Waals surface area (Å²) in [6.45, 7) is 6.09. The first kappa shape index (κ1) is 19.8. The number of alkyl halides is 3. The quantitative estimate of drug-likeness (QED) is 0.763. The topological polar surface area (TPSA) is 41.4 Å². The molecule has 1 aromatic heterocycles. The van der Waals surface area contributed by atoms with Crippen LogP contribution in [0.5, 0.6) is 0 Å². The van der Waals surface area contributed by atoms with Crippen LogP contribution in [0, 0.1) is 0 Å². The van der Waals surface area contributed by atoms with E-state index in [2.05, 4.69) is 6.92 Å². The molecule has 0 saturated carbocycles. The van der Waals surface area contributed by atoms with Crippen molar-refractivity contribution >= 4 is 17.4 Å². The molecule has 0 fully saturated rings. The molecule has 3 heterocycles. The smallest absolute Gasteiger partial charge is 0.338 e. The van der Waals surface area contributed by atoms with E-state index in [4.69, 9.17) is 5.10 Å². The summed E-state index contributed by atoms with van der Waals surface area (Å²) < 4.78 is 41.9. The van der Waals surface area contributed by atoms with Crippen molar-refractivity contribution in [3.8, 4) is 0 Å². The van der Waals surface area contributed by atoms with Crippen molar-refractivity contribution < 1.29 is 18.0 Å². The predicted molar refractivity (Wildman–Crippen MR) is 104 cm³/mol. The van der Waals surface area contributed by atoms with Crippen molar-refractivity contribution in [1.29, 1.82) is 0 Å². The summed E-state index contributed by atoms with van der Waals surface area (Å²) in [6, 6.07) is 3.98. The highest BCUT2D eigenvalue weighted by Gasteiger charge is 2.34. The molecular formula is C21H25F3N4O. The van der Waals surface area contributed by atoms with Gasteiger partial charge in [-0.15, -0.1) is 0 Å². The average molecular weight is 406 g/mol. The zero-order valence-corrected chi connectivity index (χ0v) is 16.7. The molecule has 0 radical (unpaired) electrons. The van der Waals surface area contributed by atoms with Gasteiger partial charge in [0.15, 0.2) is 5.82 Å². The number of fused-ring (bicyclic) bond motifs is 2. The van der Waals surface area contributed by atoms with Crippen molar-refractivity contribution in [2.45, 2.75) is 58.8 Å². The SMILES string of the molecule is CCCn1nc(N2CCCc3ccc(C(F)(F)F)cc32)c2c1CCN(C(C)=O)C2. The van der Waals surface area contributed by atoms with E-state index < -0.39 is 11.7 Å². The lowest BCUT2D eigenvalue weighted by Crippen LogP contribution is -2.35. The third-order valence-corrected chi connectivity index (χ3v) is 5.78. The standard InChI is InChI=1S/C21H25F3N4O/c1-3-9-28-18-8-11-26(14(2)29)13-17(18)20(25-28)27-10-4-5-15-6-7-16(12-19(15)27)21(22,23)24/h6-7,12H,3-5,8-11,13H2,1-2H3. The zero-order chi connectivity index (χ0) is 20.8. The molecule has 0 unspecified atom stereocenters. The Hall–Kier alpha value is -2.51. The summed E-state index contributed by atoms with van der Waals surface area (Å²) >= 11 is 0. The van der Waals surface area contributed by atoms with E-state index in [1.807, 2.05) is 9.58 Å². The van der Waals surface area contributed by atoms with Crippen LogP contribution in [-0.2, 0) is 36.9 Å². The van der Waals surface area contributed by atoms with E-state index in [0.717, 1.165) is 48.7 Å². The molecule has 0 N–H and O–H groups in total. The highest BCUT2D eigenvalue weighted by molar-refractivity contribution is 5.75. The van der Waals surface area contributed by atoms with E-state index in [1.165, 1.54) is 6.07 Å². The van der Waals surface area contributed by atoms with Crippen LogP contribution >= 0.6 is 0 Å². The fraction of sp³-hybridized carbons (Fsp3) is 0.524. The molecular weight excluding hydrogens is 381 g/mol. The van der Waals surface area contributed by atoms with Crippen LogP contribution in [0.3, 0.4) is 0 Å². The molecule has 0 aliphatic carbocycles. The first-order valence-electron chi connectivity index (χ1n) is 10.1. The highest BCUT2D eigenvalue weighted by atomic mass is 19.4. The number of carbonyl (C=O) groups excluding carboxylic acids is 1. The van der Waals surface area contributed by atoms with Crippen molar-refractivity contribution in [3.63, 3.8) is 0 Å². The first-order chi connectivity index (χ1) is 13.8. The first-order valence-corrected chi connectivity index (χ1v) is 10.1. The molecule has 29 heavy (non-hydrogen) atoms. The average Bonchev–Trinajstić information content (AvgIpc) is 3.04. The minimum absolute atomic E-state index is 0.00300. The van der Waals surface area contributed by atoms with Gasteiger partial charge in [0.25, 0.3) is 0 Å². The monoisotopic (exact) mass is 406 g/mol. The molecule has 1 aromatic carbocycles. The minimum atomic E-state index is -4.38. The Bertz CT molecular complexity index is 935. The zero-order valence-electron chi connectivity index (χ0n) is 16.7. The van der Waals surface area contributed by atoms with Crippen LogP contribution < -0.4 is 4.90 Å². The number of hydrogen-bond acceptors (Lipinski definition) is 3. The molecule has 0 spiro atoms. The van der Waals surface area contributed by atoms with Gasteiger partial charge >= 0.3 is 6.18 Å². The maximum atomic E-state index is 13.3. The van der Waals surface area contributed by atoms with Crippen LogP contribution in [0.1, 0.15) is 49.1 Å². The fourth-order valence-electron chi connectivity index (χ4n) is 4.33. The maximum absolute atomic E-state index is 13.3. The molecule has 0 bridgehead atoms. The summed E-state index contributed by atoms with van der Waals surface area (Å²) in [5.41, 5.74) is 2.90. The van der Waals surface area contributed by atoms with Gasteiger partial charge in [0, 0.05) is 49.9 Å². The highest BCUT2D eigenvalue weighted by Crippen LogP contribution is 2.40. The number of carbonyl (C=O) groups is 1. The van der Waals surface area contributed by atoms with Gasteiger partial charge in [-0.05, 0) is 37.0 Å². The Labute approximate surface area is 168 Å². The minimum Gasteiger partial charge on any atom is -0.338 e. The van der Waals surface area contributed by atoms with Crippen LogP contribution in [-0.4, -0.2) is 33.7 Å². The van der Waals surface area contributed by atoms with E-state index >= 15 is 0 Å². The van der Waals surface area contributed by atoms with Gasteiger partial charge in [-0.1, -0.05) is 13.0 Å². The number of aryl methyl sites for hydroxylation is 2. The normalized spacial score (nSPS) is 16.6. The number of halogens is 3. The number of anilines is 2. The largest absolute Gasteiger partial charge is 0.416 e. The maximum Gasteiger partial charge on any atom is 0.416 e. The molecule has 1 amide bonds. The van der Waals surface area contributed by atoms with Gasteiger partial charge in [0.05, 0.1) is 12.1 Å². The summed E-state index contributed by atoms with van der Waals surface area (Å²) in [5.74, 6) is 0.697. The molecule has 2 aliphatic heterocycles. The van der Waals surface area contributed by atoms with Crippen LogP contribution in [0.25, 0.3) is 0 Å². The van der Waals surface area contributed by atoms with E-state index in [-0.39, 0.29) is 5.91 Å². The predicted octanol–water partition coefficient (Wildman–Crippen LogP) is 4.30. The van der Waals surface area contributed by atoms with Crippen LogP contribution in [0.2, 0.25) is 0 Å². The number of aromatic nitrogens is 2. The van der Waals surface area contributed by atoms with Gasteiger partial charge in [-0.3, -0.25) is 9.48 Å². The molecule has 0 atom stereocenters. The van der Waals surface area contributed by atoms with E-state index in [0.29, 0.717) is 37.6 Å². The molecule has 4 rings (SSSR count).